The predicted molar refractivity (Wildman–Crippen MR) is 138 cm³/mol. The maximum absolute atomic E-state index is 13.5. The number of rotatable bonds is 7. The number of hydrogen-bond acceptors (Lipinski definition) is 5. The molecule has 0 bridgehead atoms. The van der Waals surface area contributed by atoms with E-state index in [1.165, 1.54) is 24.3 Å². The van der Waals surface area contributed by atoms with Crippen LogP contribution in [0.4, 0.5) is 14.9 Å². The Labute approximate surface area is 218 Å². The van der Waals surface area contributed by atoms with Crippen molar-refractivity contribution in [2.45, 2.75) is 27.4 Å². The van der Waals surface area contributed by atoms with Crippen LogP contribution in [0, 0.1) is 19.7 Å². The molecule has 7 nitrogen and oxygen atoms in total. The first-order chi connectivity index (χ1) is 17.7. The Hall–Kier alpha value is -4.17. The molecule has 4 rings (SSSR count). The van der Waals surface area contributed by atoms with E-state index in [-0.39, 0.29) is 34.5 Å². The van der Waals surface area contributed by atoms with E-state index in [4.69, 9.17) is 21.1 Å². The summed E-state index contributed by atoms with van der Waals surface area (Å²) in [6.45, 7) is 5.81. The molecule has 37 heavy (non-hydrogen) atoms. The number of amides is 4. The fourth-order valence-electron chi connectivity index (χ4n) is 3.99. The monoisotopic (exact) mass is 522 g/mol. The summed E-state index contributed by atoms with van der Waals surface area (Å²) in [6.07, 6.45) is 1.34. The summed E-state index contributed by atoms with van der Waals surface area (Å²) in [5.74, 6) is -1.45. The van der Waals surface area contributed by atoms with Gasteiger partial charge >= 0.3 is 6.03 Å². The molecule has 0 aliphatic carbocycles. The molecule has 0 aromatic heterocycles. The van der Waals surface area contributed by atoms with Gasteiger partial charge in [0.1, 0.15) is 18.0 Å². The van der Waals surface area contributed by atoms with Crippen LogP contribution in [-0.2, 0) is 16.2 Å². The van der Waals surface area contributed by atoms with Gasteiger partial charge in [-0.1, -0.05) is 29.8 Å². The highest BCUT2D eigenvalue weighted by Gasteiger charge is 2.37. The number of carbonyl (C=O) groups excluding carboxylic acids is 3. The third-order valence-electron chi connectivity index (χ3n) is 5.48. The number of benzene rings is 3. The number of urea groups is 1. The number of carbonyl (C=O) groups is 3. The second-order valence-electron chi connectivity index (χ2n) is 8.49. The Morgan fingerprint density at radius 3 is 2.41 bits per heavy atom. The molecule has 0 unspecified atom stereocenters. The van der Waals surface area contributed by atoms with E-state index in [0.29, 0.717) is 23.4 Å². The smallest absolute Gasteiger partial charge is 0.335 e. The van der Waals surface area contributed by atoms with Gasteiger partial charge in [-0.25, -0.2) is 14.1 Å². The summed E-state index contributed by atoms with van der Waals surface area (Å²) in [6, 6.07) is 13.5. The number of halogens is 2. The Morgan fingerprint density at radius 2 is 1.73 bits per heavy atom. The van der Waals surface area contributed by atoms with Gasteiger partial charge in [-0.05, 0) is 85.5 Å². The van der Waals surface area contributed by atoms with Gasteiger partial charge in [0.15, 0.2) is 11.5 Å². The molecule has 0 radical (unpaired) electrons. The summed E-state index contributed by atoms with van der Waals surface area (Å²) in [5.41, 5.74) is 2.82. The lowest BCUT2D eigenvalue weighted by Gasteiger charge is -2.27. The van der Waals surface area contributed by atoms with Gasteiger partial charge in [-0.2, -0.15) is 0 Å². The zero-order chi connectivity index (χ0) is 26.7. The number of barbiturate groups is 1. The second-order valence-corrected chi connectivity index (χ2v) is 8.89. The Bertz CT molecular complexity index is 1420. The lowest BCUT2D eigenvalue weighted by Crippen LogP contribution is -2.54. The fourth-order valence-corrected chi connectivity index (χ4v) is 4.27. The number of nitrogens with zero attached hydrogens (tertiary/aromatic N) is 1. The van der Waals surface area contributed by atoms with Crippen LogP contribution in [-0.4, -0.2) is 24.5 Å². The SMILES string of the molecule is CCOc1cc(/C=C2\C(=O)NC(=O)N(c3cc(C)cc(C)c3)C2=O)cc(Cl)c1OCc1cccc(F)c1. The van der Waals surface area contributed by atoms with Crippen molar-refractivity contribution in [3.63, 3.8) is 0 Å². The third-order valence-corrected chi connectivity index (χ3v) is 5.76. The molecule has 9 heteroatoms. The van der Waals surface area contributed by atoms with Gasteiger partial charge in [0, 0.05) is 0 Å². The van der Waals surface area contributed by atoms with Crippen LogP contribution in [0.5, 0.6) is 11.5 Å². The average molecular weight is 523 g/mol. The zero-order valence-electron chi connectivity index (χ0n) is 20.4. The molecule has 1 heterocycles. The molecular weight excluding hydrogens is 499 g/mol. The van der Waals surface area contributed by atoms with Crippen molar-refractivity contribution in [3.8, 4) is 11.5 Å². The predicted octanol–water partition coefficient (Wildman–Crippen LogP) is 5.74. The molecule has 1 aliphatic heterocycles. The van der Waals surface area contributed by atoms with Crippen molar-refractivity contribution in [3.05, 3.63) is 93.3 Å². The minimum absolute atomic E-state index is 0.0475. The number of ether oxygens (including phenoxy) is 2. The second kappa shape index (κ2) is 10.8. The highest BCUT2D eigenvalue weighted by Crippen LogP contribution is 2.38. The maximum Gasteiger partial charge on any atom is 0.335 e. The van der Waals surface area contributed by atoms with Crippen molar-refractivity contribution in [1.82, 2.24) is 5.32 Å². The number of aryl methyl sites for hydroxylation is 2. The largest absolute Gasteiger partial charge is 0.490 e. The topological polar surface area (TPSA) is 84.9 Å². The molecule has 1 fully saturated rings. The first-order valence-corrected chi connectivity index (χ1v) is 11.9. The van der Waals surface area contributed by atoms with E-state index in [0.717, 1.165) is 16.0 Å². The van der Waals surface area contributed by atoms with E-state index >= 15 is 0 Å². The number of imide groups is 2. The normalized spacial score (nSPS) is 14.7. The van der Waals surface area contributed by atoms with Gasteiger partial charge in [0.2, 0.25) is 0 Å². The molecule has 3 aromatic carbocycles. The maximum atomic E-state index is 13.5. The number of nitrogens with one attached hydrogen (secondary N) is 1. The first kappa shape index (κ1) is 25.9. The van der Waals surface area contributed by atoms with Crippen molar-refractivity contribution in [2.24, 2.45) is 0 Å². The van der Waals surface area contributed by atoms with Crippen LogP contribution < -0.4 is 19.7 Å². The van der Waals surface area contributed by atoms with E-state index in [1.54, 1.807) is 37.3 Å². The summed E-state index contributed by atoms with van der Waals surface area (Å²) in [4.78, 5) is 39.4. The van der Waals surface area contributed by atoms with Crippen molar-refractivity contribution in [2.75, 3.05) is 11.5 Å². The molecule has 1 saturated heterocycles. The summed E-state index contributed by atoms with van der Waals surface area (Å²) >= 11 is 6.48. The zero-order valence-corrected chi connectivity index (χ0v) is 21.2. The van der Waals surface area contributed by atoms with Crippen LogP contribution in [0.25, 0.3) is 6.08 Å². The van der Waals surface area contributed by atoms with Crippen LogP contribution in [0.3, 0.4) is 0 Å². The van der Waals surface area contributed by atoms with Gasteiger partial charge in [0.05, 0.1) is 17.3 Å². The highest BCUT2D eigenvalue weighted by atomic mass is 35.5. The highest BCUT2D eigenvalue weighted by molar-refractivity contribution is 6.39. The lowest BCUT2D eigenvalue weighted by atomic mass is 10.0. The van der Waals surface area contributed by atoms with E-state index in [2.05, 4.69) is 5.32 Å². The lowest BCUT2D eigenvalue weighted by molar-refractivity contribution is -0.122. The molecule has 190 valence electrons. The molecule has 3 aromatic rings. The fraction of sp³-hybridized carbons (Fsp3) is 0.179. The van der Waals surface area contributed by atoms with Crippen LogP contribution >= 0.6 is 11.6 Å². The quantitative estimate of drug-likeness (QED) is 0.316. The van der Waals surface area contributed by atoms with Crippen LogP contribution in [0.15, 0.2) is 60.2 Å². The van der Waals surface area contributed by atoms with E-state index < -0.39 is 17.8 Å². The minimum atomic E-state index is -0.828. The van der Waals surface area contributed by atoms with Crippen molar-refractivity contribution in [1.29, 1.82) is 0 Å². The summed E-state index contributed by atoms with van der Waals surface area (Å²) in [7, 11) is 0. The standard InChI is InChI=1S/C28H24ClFN2O5/c1-4-36-24-14-19(13-23(29)25(24)37-15-18-6-5-7-20(30)11-18)12-22-26(33)31-28(35)32(27(22)34)21-9-16(2)8-17(3)10-21/h5-14H,4,15H2,1-3H3,(H,31,33,35)/b22-12+. The minimum Gasteiger partial charge on any atom is -0.490 e. The molecule has 4 amide bonds. The molecule has 1 aliphatic rings. The summed E-state index contributed by atoms with van der Waals surface area (Å²) < 4.78 is 25.0. The van der Waals surface area contributed by atoms with Crippen LogP contribution in [0.1, 0.15) is 29.2 Å². The van der Waals surface area contributed by atoms with Gasteiger partial charge in [0.25, 0.3) is 11.8 Å². The molecule has 0 spiro atoms. The van der Waals surface area contributed by atoms with Gasteiger partial charge in [-0.3, -0.25) is 14.9 Å². The van der Waals surface area contributed by atoms with Crippen molar-refractivity contribution >= 4 is 41.2 Å². The molecule has 0 saturated carbocycles. The number of anilines is 1. The molecule has 0 atom stereocenters. The first-order valence-electron chi connectivity index (χ1n) is 11.5. The summed E-state index contributed by atoms with van der Waals surface area (Å²) in [5, 5.41) is 2.38. The molecule has 1 N–H and O–H groups in total. The van der Waals surface area contributed by atoms with Crippen LogP contribution in [0.2, 0.25) is 5.02 Å². The van der Waals surface area contributed by atoms with Gasteiger partial charge < -0.3 is 9.47 Å². The molecular formula is C28H24ClFN2O5. The average Bonchev–Trinajstić information content (AvgIpc) is 2.81. The number of hydrogen-bond donors (Lipinski definition) is 1. The Morgan fingerprint density at radius 1 is 1.00 bits per heavy atom. The Kier molecular flexibility index (Phi) is 7.59. The van der Waals surface area contributed by atoms with E-state index in [9.17, 15) is 18.8 Å². The third kappa shape index (κ3) is 5.81. The van der Waals surface area contributed by atoms with E-state index in [1.807, 2.05) is 19.9 Å². The van der Waals surface area contributed by atoms with Crippen molar-refractivity contribution < 1.29 is 28.2 Å². The van der Waals surface area contributed by atoms with Gasteiger partial charge in [-0.15, -0.1) is 0 Å². The Balaban J connectivity index is 1.67.